The predicted molar refractivity (Wildman–Crippen MR) is 112 cm³/mol. The maximum absolute atomic E-state index is 12.5. The first kappa shape index (κ1) is 19.6. The van der Waals surface area contributed by atoms with Crippen molar-refractivity contribution in [1.29, 1.82) is 0 Å². The van der Waals surface area contributed by atoms with Gasteiger partial charge in [-0.2, -0.15) is 0 Å². The van der Waals surface area contributed by atoms with Crippen LogP contribution in [-0.2, 0) is 0 Å². The summed E-state index contributed by atoms with van der Waals surface area (Å²) >= 11 is 6.25. The van der Waals surface area contributed by atoms with Gasteiger partial charge in [0.2, 0.25) is 0 Å². The highest BCUT2D eigenvalue weighted by molar-refractivity contribution is 6.34. The first-order valence-electron chi connectivity index (χ1n) is 8.87. The molecule has 1 heterocycles. The summed E-state index contributed by atoms with van der Waals surface area (Å²) in [6.07, 6.45) is 2.92. The number of aromatic nitrogens is 2. The molecule has 0 bridgehead atoms. The van der Waals surface area contributed by atoms with Gasteiger partial charge in [-0.15, -0.1) is 0 Å². The van der Waals surface area contributed by atoms with E-state index in [9.17, 15) is 4.79 Å². The molecule has 1 amide bonds. The van der Waals surface area contributed by atoms with Gasteiger partial charge in [-0.1, -0.05) is 29.8 Å². The zero-order valence-corrected chi connectivity index (χ0v) is 16.7. The number of amides is 1. The van der Waals surface area contributed by atoms with Crippen molar-refractivity contribution in [2.24, 2.45) is 0 Å². The van der Waals surface area contributed by atoms with E-state index in [2.05, 4.69) is 20.6 Å². The van der Waals surface area contributed by atoms with Crippen LogP contribution in [-0.4, -0.2) is 22.5 Å². The molecule has 2 aromatic carbocycles. The normalized spacial score (nSPS) is 10.4. The molecule has 0 aliphatic carbocycles. The summed E-state index contributed by atoms with van der Waals surface area (Å²) in [6.45, 7) is 6.32. The van der Waals surface area contributed by atoms with E-state index >= 15 is 0 Å². The number of ether oxygens (including phenoxy) is 1. The highest BCUT2D eigenvalue weighted by Gasteiger charge is 2.13. The molecule has 3 aromatic rings. The Bertz CT molecular complexity index is 967. The molecule has 0 atom stereocenters. The maximum atomic E-state index is 12.5. The number of hydrogen-bond donors (Lipinski definition) is 2. The van der Waals surface area contributed by atoms with E-state index in [1.165, 1.54) is 12.4 Å². The number of nitrogens with one attached hydrogen (secondary N) is 2. The van der Waals surface area contributed by atoms with Crippen LogP contribution in [0.25, 0.3) is 0 Å². The van der Waals surface area contributed by atoms with Gasteiger partial charge in [-0.3, -0.25) is 4.79 Å². The Morgan fingerprint density at radius 2 is 1.93 bits per heavy atom. The summed E-state index contributed by atoms with van der Waals surface area (Å²) in [5.41, 5.74) is 3.46. The number of hydrogen-bond acceptors (Lipinski definition) is 5. The van der Waals surface area contributed by atoms with Crippen molar-refractivity contribution in [2.75, 3.05) is 17.2 Å². The quantitative estimate of drug-likeness (QED) is 0.603. The molecule has 0 aliphatic heterocycles. The molecule has 0 spiro atoms. The molecule has 3 rings (SSSR count). The van der Waals surface area contributed by atoms with E-state index in [0.717, 1.165) is 22.6 Å². The third-order valence-corrected chi connectivity index (χ3v) is 4.30. The largest absolute Gasteiger partial charge is 0.492 e. The fraction of sp³-hybridized carbons (Fsp3) is 0.190. The van der Waals surface area contributed by atoms with E-state index in [1.54, 1.807) is 6.07 Å². The molecule has 0 saturated carbocycles. The van der Waals surface area contributed by atoms with Gasteiger partial charge in [0.15, 0.2) is 0 Å². The summed E-state index contributed by atoms with van der Waals surface area (Å²) < 4.78 is 5.58. The lowest BCUT2D eigenvalue weighted by molar-refractivity contribution is 0.102. The monoisotopic (exact) mass is 396 g/mol. The number of halogens is 1. The Morgan fingerprint density at radius 3 is 2.61 bits per heavy atom. The van der Waals surface area contributed by atoms with Gasteiger partial charge in [0.1, 0.15) is 17.3 Å². The van der Waals surface area contributed by atoms with E-state index in [4.69, 9.17) is 16.3 Å². The average Bonchev–Trinajstić information content (AvgIpc) is 2.67. The van der Waals surface area contributed by atoms with Crippen LogP contribution < -0.4 is 15.4 Å². The lowest BCUT2D eigenvalue weighted by atomic mass is 10.1. The van der Waals surface area contributed by atoms with Crippen LogP contribution in [0.4, 0.5) is 17.2 Å². The van der Waals surface area contributed by atoms with Crippen molar-refractivity contribution in [1.82, 2.24) is 9.97 Å². The second-order valence-electron chi connectivity index (χ2n) is 6.23. The van der Waals surface area contributed by atoms with Crippen molar-refractivity contribution in [3.63, 3.8) is 0 Å². The number of benzene rings is 2. The molecular formula is C21H21ClN4O2. The third-order valence-electron chi connectivity index (χ3n) is 4.00. The summed E-state index contributed by atoms with van der Waals surface area (Å²) in [4.78, 5) is 21.0. The number of rotatable bonds is 6. The van der Waals surface area contributed by atoms with Crippen molar-refractivity contribution >= 4 is 34.7 Å². The Kier molecular flexibility index (Phi) is 6.11. The summed E-state index contributed by atoms with van der Waals surface area (Å²) in [7, 11) is 0. The first-order valence-corrected chi connectivity index (χ1v) is 9.24. The van der Waals surface area contributed by atoms with Gasteiger partial charge in [-0.25, -0.2) is 9.97 Å². The molecular weight excluding hydrogens is 376 g/mol. The summed E-state index contributed by atoms with van der Waals surface area (Å²) in [5, 5.41) is 6.44. The van der Waals surface area contributed by atoms with Crippen LogP contribution in [0, 0.1) is 13.8 Å². The van der Waals surface area contributed by atoms with Crippen LogP contribution in [0.15, 0.2) is 48.8 Å². The predicted octanol–water partition coefficient (Wildman–Crippen LogP) is 5.14. The Morgan fingerprint density at radius 1 is 1.14 bits per heavy atom. The minimum absolute atomic E-state index is 0.194. The minimum atomic E-state index is -0.373. The van der Waals surface area contributed by atoms with Crippen LogP contribution in [0.5, 0.6) is 5.75 Å². The Balaban J connectivity index is 1.73. The summed E-state index contributed by atoms with van der Waals surface area (Å²) in [5.74, 6) is 0.856. The number of nitrogens with zero attached hydrogens (tertiary/aromatic N) is 2. The fourth-order valence-electron chi connectivity index (χ4n) is 2.75. The number of aryl methyl sites for hydroxylation is 2. The van der Waals surface area contributed by atoms with E-state index in [-0.39, 0.29) is 11.6 Å². The second kappa shape index (κ2) is 8.71. The fourth-order valence-corrected chi connectivity index (χ4v) is 3.12. The Hall–Kier alpha value is -3.12. The number of carbonyl (C=O) groups excluding carboxylic acids is 1. The molecule has 28 heavy (non-hydrogen) atoms. The Labute approximate surface area is 168 Å². The smallest absolute Gasteiger partial charge is 0.275 e. The molecule has 0 fully saturated rings. The lowest BCUT2D eigenvalue weighted by Gasteiger charge is -2.12. The zero-order chi connectivity index (χ0) is 20.1. The van der Waals surface area contributed by atoms with Crippen LogP contribution in [0.1, 0.15) is 28.5 Å². The van der Waals surface area contributed by atoms with Gasteiger partial charge < -0.3 is 15.4 Å². The van der Waals surface area contributed by atoms with Crippen molar-refractivity contribution in [3.8, 4) is 5.75 Å². The van der Waals surface area contributed by atoms with Crippen LogP contribution in [0.3, 0.4) is 0 Å². The van der Waals surface area contributed by atoms with Crippen molar-refractivity contribution in [2.45, 2.75) is 20.8 Å². The number of anilines is 3. The van der Waals surface area contributed by atoms with Gasteiger partial charge in [0.25, 0.3) is 5.91 Å². The standard InChI is InChI=1S/C21H21ClN4O2/c1-4-28-18-8-6-5-7-16(18)25-19-12-23-17(11-24-19)21(27)26-20-14(3)9-13(2)10-15(20)22/h5-12H,4H2,1-3H3,(H,24,25)(H,26,27). The van der Waals surface area contributed by atoms with E-state index in [1.807, 2.05) is 51.1 Å². The lowest BCUT2D eigenvalue weighted by Crippen LogP contribution is -2.15. The molecule has 2 N–H and O–H groups in total. The third kappa shape index (κ3) is 4.58. The molecule has 144 valence electrons. The first-order chi connectivity index (χ1) is 13.5. The van der Waals surface area contributed by atoms with Crippen molar-refractivity contribution in [3.05, 3.63) is 70.6 Å². The van der Waals surface area contributed by atoms with Crippen LogP contribution >= 0.6 is 11.6 Å². The molecule has 1 aromatic heterocycles. The zero-order valence-electron chi connectivity index (χ0n) is 15.9. The SMILES string of the molecule is CCOc1ccccc1Nc1cnc(C(=O)Nc2c(C)cc(C)cc2Cl)cn1. The second-order valence-corrected chi connectivity index (χ2v) is 6.64. The minimum Gasteiger partial charge on any atom is -0.492 e. The maximum Gasteiger partial charge on any atom is 0.275 e. The van der Waals surface area contributed by atoms with Crippen molar-refractivity contribution < 1.29 is 9.53 Å². The summed E-state index contributed by atoms with van der Waals surface area (Å²) in [6, 6.07) is 11.3. The van der Waals surface area contributed by atoms with Gasteiger partial charge in [0, 0.05) is 0 Å². The van der Waals surface area contributed by atoms with Gasteiger partial charge >= 0.3 is 0 Å². The highest BCUT2D eigenvalue weighted by atomic mass is 35.5. The molecule has 0 saturated heterocycles. The van der Waals surface area contributed by atoms with Gasteiger partial charge in [-0.05, 0) is 50.1 Å². The van der Waals surface area contributed by atoms with Crippen LogP contribution in [0.2, 0.25) is 5.02 Å². The molecule has 7 heteroatoms. The number of para-hydroxylation sites is 2. The van der Waals surface area contributed by atoms with Gasteiger partial charge in [0.05, 0.1) is 35.4 Å². The van der Waals surface area contributed by atoms with E-state index < -0.39 is 0 Å². The molecule has 0 aliphatic rings. The topological polar surface area (TPSA) is 76.1 Å². The molecule has 0 radical (unpaired) electrons. The molecule has 0 unspecified atom stereocenters. The average molecular weight is 397 g/mol. The van der Waals surface area contributed by atoms with E-state index in [0.29, 0.717) is 23.1 Å². The molecule has 6 nitrogen and oxygen atoms in total. The number of carbonyl (C=O) groups is 1. The highest BCUT2D eigenvalue weighted by Crippen LogP contribution is 2.28.